The van der Waals surface area contributed by atoms with Crippen LogP contribution in [-0.4, -0.2) is 32.6 Å². The van der Waals surface area contributed by atoms with Crippen LogP contribution >= 0.6 is 0 Å². The first-order valence-corrected chi connectivity index (χ1v) is 8.09. The Kier molecular flexibility index (Phi) is 4.65. The Balaban J connectivity index is 1.62. The fraction of sp³-hybridized carbons (Fsp3) is 0.529. The van der Waals surface area contributed by atoms with E-state index in [2.05, 4.69) is 26.8 Å². The quantitative estimate of drug-likeness (QED) is 0.666. The monoisotopic (exact) mass is 327 g/mol. The lowest BCUT2D eigenvalue weighted by Crippen LogP contribution is -2.22. The third-order valence-electron chi connectivity index (χ3n) is 4.56. The number of nitrogens with zero attached hydrogens (tertiary/aromatic N) is 4. The number of carbonyl (C=O) groups is 1. The second-order valence-corrected chi connectivity index (χ2v) is 6.21. The first-order chi connectivity index (χ1) is 11.6. The van der Waals surface area contributed by atoms with E-state index in [0.29, 0.717) is 28.7 Å². The SMILES string of the molecule is COC(=O)C1CCC(CC#Cc2nc(N)c3ncn(C)c3n2)CC1. The molecule has 24 heavy (non-hydrogen) atoms. The van der Waals surface area contributed by atoms with Crippen LogP contribution in [0.4, 0.5) is 5.82 Å². The van der Waals surface area contributed by atoms with Crippen LogP contribution in [0.1, 0.15) is 37.9 Å². The van der Waals surface area contributed by atoms with E-state index in [1.54, 1.807) is 10.9 Å². The molecule has 2 N–H and O–H groups in total. The summed E-state index contributed by atoms with van der Waals surface area (Å²) in [5.74, 6) is 7.40. The molecule has 0 saturated heterocycles. The average Bonchev–Trinajstić information content (AvgIpc) is 2.97. The molecule has 2 heterocycles. The van der Waals surface area contributed by atoms with Crippen molar-refractivity contribution in [2.75, 3.05) is 12.8 Å². The molecule has 2 aromatic heterocycles. The lowest BCUT2D eigenvalue weighted by atomic mass is 9.81. The molecular formula is C17H21N5O2. The fourth-order valence-electron chi connectivity index (χ4n) is 3.13. The number of esters is 1. The Morgan fingerprint density at radius 2 is 2.12 bits per heavy atom. The molecule has 126 valence electrons. The van der Waals surface area contributed by atoms with Crippen molar-refractivity contribution >= 4 is 23.0 Å². The number of hydrogen-bond acceptors (Lipinski definition) is 6. The topological polar surface area (TPSA) is 95.9 Å². The molecule has 2 aromatic rings. The largest absolute Gasteiger partial charge is 0.469 e. The highest BCUT2D eigenvalue weighted by molar-refractivity contribution is 5.81. The maximum absolute atomic E-state index is 11.5. The van der Waals surface area contributed by atoms with Crippen LogP contribution in [0.15, 0.2) is 6.33 Å². The van der Waals surface area contributed by atoms with Crippen LogP contribution in [0.3, 0.4) is 0 Å². The van der Waals surface area contributed by atoms with Crippen molar-refractivity contribution in [1.29, 1.82) is 0 Å². The van der Waals surface area contributed by atoms with E-state index in [9.17, 15) is 4.79 Å². The number of aromatic nitrogens is 4. The van der Waals surface area contributed by atoms with Gasteiger partial charge in [-0.25, -0.2) is 15.0 Å². The number of aryl methyl sites for hydroxylation is 1. The van der Waals surface area contributed by atoms with Crippen LogP contribution in [0.25, 0.3) is 11.2 Å². The van der Waals surface area contributed by atoms with Gasteiger partial charge in [-0.2, -0.15) is 0 Å². The Labute approximate surface area is 140 Å². The van der Waals surface area contributed by atoms with Crippen LogP contribution in [0, 0.1) is 23.7 Å². The Morgan fingerprint density at radius 1 is 1.38 bits per heavy atom. The Morgan fingerprint density at radius 3 is 2.83 bits per heavy atom. The summed E-state index contributed by atoms with van der Waals surface area (Å²) in [6, 6.07) is 0. The molecule has 7 nitrogen and oxygen atoms in total. The summed E-state index contributed by atoms with van der Waals surface area (Å²) in [6.45, 7) is 0. The van der Waals surface area contributed by atoms with Crippen LogP contribution in [-0.2, 0) is 16.6 Å². The van der Waals surface area contributed by atoms with Crippen molar-refractivity contribution in [2.24, 2.45) is 18.9 Å². The minimum atomic E-state index is -0.0899. The van der Waals surface area contributed by atoms with Crippen molar-refractivity contribution in [3.63, 3.8) is 0 Å². The van der Waals surface area contributed by atoms with Gasteiger partial charge in [0, 0.05) is 13.5 Å². The molecule has 0 amide bonds. The number of imidazole rings is 1. The van der Waals surface area contributed by atoms with E-state index >= 15 is 0 Å². The molecule has 1 fully saturated rings. The highest BCUT2D eigenvalue weighted by Crippen LogP contribution is 2.31. The maximum atomic E-state index is 11.5. The Bertz CT molecular complexity index is 809. The third-order valence-corrected chi connectivity index (χ3v) is 4.56. The average molecular weight is 327 g/mol. The van der Waals surface area contributed by atoms with Gasteiger partial charge >= 0.3 is 5.97 Å². The van der Waals surface area contributed by atoms with Crippen molar-refractivity contribution in [2.45, 2.75) is 32.1 Å². The minimum Gasteiger partial charge on any atom is -0.469 e. The lowest BCUT2D eigenvalue weighted by Gasteiger charge is -2.25. The van der Waals surface area contributed by atoms with Crippen molar-refractivity contribution in [3.05, 3.63) is 12.2 Å². The van der Waals surface area contributed by atoms with Crippen LogP contribution in [0.2, 0.25) is 0 Å². The van der Waals surface area contributed by atoms with Gasteiger partial charge in [-0.05, 0) is 37.5 Å². The molecule has 3 rings (SSSR count). The summed E-state index contributed by atoms with van der Waals surface area (Å²) in [7, 11) is 3.31. The van der Waals surface area contributed by atoms with Gasteiger partial charge in [0.1, 0.15) is 5.52 Å². The zero-order valence-electron chi connectivity index (χ0n) is 14.0. The number of anilines is 1. The van der Waals surface area contributed by atoms with Crippen LogP contribution < -0.4 is 5.73 Å². The molecule has 0 aliphatic heterocycles. The molecule has 0 atom stereocenters. The van der Waals surface area contributed by atoms with E-state index in [0.717, 1.165) is 32.1 Å². The fourth-order valence-corrected chi connectivity index (χ4v) is 3.13. The smallest absolute Gasteiger partial charge is 0.308 e. The standard InChI is InChI=1S/C17H21N5O2/c1-22-10-19-14-15(18)20-13(21-16(14)22)5-3-4-11-6-8-12(9-7-11)17(23)24-2/h10-12H,4,6-9H2,1-2H3,(H2,18,20,21). The number of fused-ring (bicyclic) bond motifs is 1. The number of hydrogen-bond donors (Lipinski definition) is 1. The third kappa shape index (κ3) is 3.32. The van der Waals surface area contributed by atoms with Gasteiger partial charge in [0.2, 0.25) is 5.82 Å². The van der Waals surface area contributed by atoms with Crippen molar-refractivity contribution < 1.29 is 9.53 Å². The first-order valence-electron chi connectivity index (χ1n) is 8.09. The predicted octanol–water partition coefficient (Wildman–Crippen LogP) is 1.67. The zero-order valence-corrected chi connectivity index (χ0v) is 14.0. The molecule has 0 radical (unpaired) electrons. The van der Waals surface area contributed by atoms with Gasteiger partial charge in [0.05, 0.1) is 19.4 Å². The molecule has 7 heteroatoms. The predicted molar refractivity (Wildman–Crippen MR) is 89.7 cm³/mol. The molecule has 1 aliphatic rings. The molecule has 0 spiro atoms. The molecular weight excluding hydrogens is 306 g/mol. The highest BCUT2D eigenvalue weighted by atomic mass is 16.5. The summed E-state index contributed by atoms with van der Waals surface area (Å²) in [6.07, 6.45) is 6.19. The van der Waals surface area contributed by atoms with Crippen molar-refractivity contribution in [1.82, 2.24) is 19.5 Å². The summed E-state index contributed by atoms with van der Waals surface area (Å²) < 4.78 is 6.61. The van der Waals surface area contributed by atoms with E-state index < -0.39 is 0 Å². The van der Waals surface area contributed by atoms with Gasteiger partial charge in [-0.15, -0.1) is 0 Å². The molecule has 1 aliphatic carbocycles. The normalized spacial score (nSPS) is 20.4. The summed E-state index contributed by atoms with van der Waals surface area (Å²) >= 11 is 0. The number of methoxy groups -OCH3 is 1. The van der Waals surface area contributed by atoms with Gasteiger partial charge in [0.25, 0.3) is 0 Å². The molecule has 0 aromatic carbocycles. The lowest BCUT2D eigenvalue weighted by molar-refractivity contribution is -0.146. The van der Waals surface area contributed by atoms with Gasteiger partial charge in [-0.3, -0.25) is 4.79 Å². The van der Waals surface area contributed by atoms with Crippen LogP contribution in [0.5, 0.6) is 0 Å². The second kappa shape index (κ2) is 6.87. The number of carbonyl (C=O) groups excluding carboxylic acids is 1. The molecule has 0 bridgehead atoms. The second-order valence-electron chi connectivity index (χ2n) is 6.21. The number of nitrogen functional groups attached to an aromatic ring is 1. The minimum absolute atomic E-state index is 0.0505. The van der Waals surface area contributed by atoms with Gasteiger partial charge < -0.3 is 15.0 Å². The summed E-state index contributed by atoms with van der Waals surface area (Å²) in [5, 5.41) is 0. The van der Waals surface area contributed by atoms with Crippen molar-refractivity contribution in [3.8, 4) is 11.8 Å². The number of ether oxygens (including phenoxy) is 1. The van der Waals surface area contributed by atoms with Gasteiger partial charge in [0.15, 0.2) is 11.5 Å². The number of nitrogens with two attached hydrogens (primary N) is 1. The zero-order chi connectivity index (χ0) is 17.1. The molecule has 1 saturated carbocycles. The number of rotatable bonds is 2. The van der Waals surface area contributed by atoms with E-state index in [1.807, 2.05) is 7.05 Å². The van der Waals surface area contributed by atoms with E-state index in [1.165, 1.54) is 7.11 Å². The van der Waals surface area contributed by atoms with E-state index in [-0.39, 0.29) is 11.9 Å². The Hall–Kier alpha value is -2.62. The van der Waals surface area contributed by atoms with Gasteiger partial charge in [-0.1, -0.05) is 5.92 Å². The van der Waals surface area contributed by atoms with E-state index in [4.69, 9.17) is 10.5 Å². The maximum Gasteiger partial charge on any atom is 0.308 e. The molecule has 0 unspecified atom stereocenters. The summed E-state index contributed by atoms with van der Waals surface area (Å²) in [5.41, 5.74) is 7.19. The summed E-state index contributed by atoms with van der Waals surface area (Å²) in [4.78, 5) is 24.3. The first kappa shape index (κ1) is 16.2. The highest BCUT2D eigenvalue weighted by Gasteiger charge is 2.26.